The number of hydrogen-bond donors (Lipinski definition) is 2. The molecule has 0 aliphatic carbocycles. The maximum absolute atomic E-state index is 12.0. The molecule has 2 aliphatic rings. The number of imidazole rings is 1. The second kappa shape index (κ2) is 8.58. The molecule has 1 spiro atoms. The van der Waals surface area contributed by atoms with E-state index >= 15 is 0 Å². The number of rotatable bonds is 4. The van der Waals surface area contributed by atoms with Gasteiger partial charge in [0.15, 0.2) is 0 Å². The molecule has 4 rings (SSSR count). The lowest BCUT2D eigenvalue weighted by atomic mass is 9.70. The van der Waals surface area contributed by atoms with Crippen LogP contribution in [0.15, 0.2) is 30.5 Å². The second-order valence-electron chi connectivity index (χ2n) is 9.74. The average Bonchev–Trinajstić information content (AvgIpc) is 3.12. The maximum atomic E-state index is 12.0. The monoisotopic (exact) mass is 439 g/mol. The summed E-state index contributed by atoms with van der Waals surface area (Å²) in [7, 11) is 0. The van der Waals surface area contributed by atoms with Crippen molar-refractivity contribution in [1.29, 1.82) is 0 Å². The summed E-state index contributed by atoms with van der Waals surface area (Å²) in [5.41, 5.74) is 8.01. The van der Waals surface area contributed by atoms with Crippen molar-refractivity contribution in [2.45, 2.75) is 57.6 Å². The van der Waals surface area contributed by atoms with Crippen molar-refractivity contribution < 1.29 is 14.3 Å². The number of benzene rings is 1. The summed E-state index contributed by atoms with van der Waals surface area (Å²) in [5, 5.41) is 2.84. The number of amides is 2. The first-order valence-corrected chi connectivity index (χ1v) is 11.3. The molecule has 1 fully saturated rings. The van der Waals surface area contributed by atoms with Crippen molar-refractivity contribution in [1.82, 2.24) is 19.8 Å². The van der Waals surface area contributed by atoms with E-state index in [-0.39, 0.29) is 11.5 Å². The van der Waals surface area contributed by atoms with Crippen LogP contribution in [0.2, 0.25) is 0 Å². The fourth-order valence-corrected chi connectivity index (χ4v) is 5.02. The summed E-state index contributed by atoms with van der Waals surface area (Å²) >= 11 is 0. The number of carbonyl (C=O) groups is 2. The Labute approximate surface area is 189 Å². The van der Waals surface area contributed by atoms with E-state index < -0.39 is 11.5 Å². The van der Waals surface area contributed by atoms with Crippen LogP contribution in [0.25, 0.3) is 0 Å². The van der Waals surface area contributed by atoms with E-state index in [2.05, 4.69) is 34.5 Å². The normalized spacial score (nSPS) is 17.8. The molecule has 2 amide bonds. The number of ether oxygens (including phenoxy) is 1. The third-order valence-electron chi connectivity index (χ3n) is 6.48. The van der Waals surface area contributed by atoms with Gasteiger partial charge in [0.25, 0.3) is 5.91 Å². The average molecular weight is 440 g/mol. The summed E-state index contributed by atoms with van der Waals surface area (Å²) in [4.78, 5) is 31.0. The standard InChI is InChI=1S/C24H33N5O3/c1-23(2,3)32-22(31)26-11-15-28-13-9-24(10-14-28)18-7-5-4-6-17(18)8-12-29-19(20(25)30)16-27-21(24)29/h4-7,16H,8-15H2,1-3H3,(H2,25,30)(H,26,31). The van der Waals surface area contributed by atoms with Crippen LogP contribution < -0.4 is 11.1 Å². The summed E-state index contributed by atoms with van der Waals surface area (Å²) < 4.78 is 7.34. The Kier molecular flexibility index (Phi) is 5.99. The SMILES string of the molecule is CC(C)(C)OC(=O)NCCN1CCC2(CC1)c1ccccc1CCn1c(C(N)=O)cnc12. The molecule has 0 radical (unpaired) electrons. The number of likely N-dealkylation sites (tertiary alicyclic amines) is 1. The first-order chi connectivity index (χ1) is 15.2. The van der Waals surface area contributed by atoms with Crippen LogP contribution in [0.1, 0.15) is 61.1 Å². The van der Waals surface area contributed by atoms with Gasteiger partial charge in [-0.15, -0.1) is 0 Å². The Morgan fingerprint density at radius 2 is 1.91 bits per heavy atom. The van der Waals surface area contributed by atoms with Crippen molar-refractivity contribution in [3.63, 3.8) is 0 Å². The number of aromatic nitrogens is 2. The fourth-order valence-electron chi connectivity index (χ4n) is 5.02. The van der Waals surface area contributed by atoms with Crippen LogP contribution in [-0.2, 0) is 23.1 Å². The van der Waals surface area contributed by atoms with E-state index in [9.17, 15) is 9.59 Å². The lowest BCUT2D eigenvalue weighted by Crippen LogP contribution is -2.47. The van der Waals surface area contributed by atoms with Gasteiger partial charge in [0.05, 0.1) is 11.6 Å². The van der Waals surface area contributed by atoms with Crippen molar-refractivity contribution in [2.75, 3.05) is 26.2 Å². The molecule has 0 bridgehead atoms. The third kappa shape index (κ3) is 4.37. The Balaban J connectivity index is 1.50. The molecule has 2 aliphatic heterocycles. The van der Waals surface area contributed by atoms with Crippen molar-refractivity contribution in [2.24, 2.45) is 5.73 Å². The molecular formula is C24H33N5O3. The molecule has 3 N–H and O–H groups in total. The number of aryl methyl sites for hydroxylation is 1. The number of carbonyl (C=O) groups excluding carboxylic acids is 2. The van der Waals surface area contributed by atoms with Crippen molar-refractivity contribution in [3.05, 3.63) is 53.1 Å². The Morgan fingerprint density at radius 1 is 1.19 bits per heavy atom. The van der Waals surface area contributed by atoms with Crippen molar-refractivity contribution >= 4 is 12.0 Å². The van der Waals surface area contributed by atoms with Gasteiger partial charge in [-0.25, -0.2) is 9.78 Å². The molecule has 1 aromatic carbocycles. The van der Waals surface area contributed by atoms with E-state index in [4.69, 9.17) is 15.5 Å². The largest absolute Gasteiger partial charge is 0.444 e. The topological polar surface area (TPSA) is 102 Å². The third-order valence-corrected chi connectivity index (χ3v) is 6.48. The minimum absolute atomic E-state index is 0.240. The number of nitrogens with one attached hydrogen (secondary N) is 1. The Bertz CT molecular complexity index is 999. The van der Waals surface area contributed by atoms with E-state index in [1.54, 1.807) is 6.20 Å². The second-order valence-corrected chi connectivity index (χ2v) is 9.74. The van der Waals surface area contributed by atoms with Crippen molar-refractivity contribution in [3.8, 4) is 0 Å². The van der Waals surface area contributed by atoms with Crippen LogP contribution >= 0.6 is 0 Å². The van der Waals surface area contributed by atoms with Gasteiger partial charge < -0.3 is 25.3 Å². The van der Waals surface area contributed by atoms with Gasteiger partial charge in [0.2, 0.25) is 0 Å². The lowest BCUT2D eigenvalue weighted by Gasteiger charge is -2.42. The predicted octanol–water partition coefficient (Wildman–Crippen LogP) is 2.44. The molecule has 1 aromatic heterocycles. The van der Waals surface area contributed by atoms with Gasteiger partial charge in [-0.2, -0.15) is 0 Å². The van der Waals surface area contributed by atoms with Crippen LogP contribution in [0.3, 0.4) is 0 Å². The maximum Gasteiger partial charge on any atom is 0.407 e. The van der Waals surface area contributed by atoms with E-state index in [0.717, 1.165) is 44.7 Å². The number of piperidine rings is 1. The van der Waals surface area contributed by atoms with Gasteiger partial charge in [-0.3, -0.25) is 4.79 Å². The van der Waals surface area contributed by atoms with Gasteiger partial charge in [-0.1, -0.05) is 24.3 Å². The minimum Gasteiger partial charge on any atom is -0.444 e. The number of nitrogens with zero attached hydrogens (tertiary/aromatic N) is 3. The summed E-state index contributed by atoms with van der Waals surface area (Å²) in [6.07, 6.45) is 3.89. The predicted molar refractivity (Wildman–Crippen MR) is 122 cm³/mol. The highest BCUT2D eigenvalue weighted by Gasteiger charge is 2.44. The first kappa shape index (κ1) is 22.3. The van der Waals surface area contributed by atoms with Gasteiger partial charge in [0, 0.05) is 19.6 Å². The van der Waals surface area contributed by atoms with Crippen LogP contribution in [0, 0.1) is 0 Å². The summed E-state index contributed by atoms with van der Waals surface area (Å²) in [5.74, 6) is 0.512. The van der Waals surface area contributed by atoms with Gasteiger partial charge >= 0.3 is 6.09 Å². The molecule has 8 nitrogen and oxygen atoms in total. The molecule has 1 saturated heterocycles. The zero-order valence-corrected chi connectivity index (χ0v) is 19.2. The molecule has 2 aromatic rings. The van der Waals surface area contributed by atoms with E-state index in [1.165, 1.54) is 11.1 Å². The number of fused-ring (bicyclic) bond motifs is 4. The highest BCUT2D eigenvalue weighted by molar-refractivity contribution is 5.91. The smallest absolute Gasteiger partial charge is 0.407 e. The highest BCUT2D eigenvalue weighted by Crippen LogP contribution is 2.44. The molecule has 32 heavy (non-hydrogen) atoms. The minimum atomic E-state index is -0.500. The number of hydrogen-bond acceptors (Lipinski definition) is 5. The van der Waals surface area contributed by atoms with Crippen LogP contribution in [0.5, 0.6) is 0 Å². The highest BCUT2D eigenvalue weighted by atomic mass is 16.6. The number of nitrogens with two attached hydrogens (primary N) is 1. The van der Waals surface area contributed by atoms with Gasteiger partial charge in [0.1, 0.15) is 17.1 Å². The zero-order valence-electron chi connectivity index (χ0n) is 19.2. The van der Waals surface area contributed by atoms with Crippen LogP contribution in [0.4, 0.5) is 4.79 Å². The molecule has 0 unspecified atom stereocenters. The number of alkyl carbamates (subject to hydrolysis) is 1. The first-order valence-electron chi connectivity index (χ1n) is 11.3. The van der Waals surface area contributed by atoms with Gasteiger partial charge in [-0.05, 0) is 64.3 Å². The Morgan fingerprint density at radius 3 is 2.59 bits per heavy atom. The molecule has 172 valence electrons. The summed E-state index contributed by atoms with van der Waals surface area (Å²) in [6, 6.07) is 8.56. The number of primary amides is 1. The Hall–Kier alpha value is -2.87. The molecule has 0 atom stereocenters. The molecule has 0 saturated carbocycles. The molecule has 8 heteroatoms. The fraction of sp³-hybridized carbons (Fsp3) is 0.542. The molecule has 3 heterocycles. The van der Waals surface area contributed by atoms with Crippen LogP contribution in [-0.4, -0.2) is 58.2 Å². The van der Waals surface area contributed by atoms with E-state index in [1.807, 2.05) is 25.3 Å². The van der Waals surface area contributed by atoms with E-state index in [0.29, 0.717) is 18.8 Å². The lowest BCUT2D eigenvalue weighted by molar-refractivity contribution is 0.0518. The molecular weight excluding hydrogens is 406 g/mol. The summed E-state index contributed by atoms with van der Waals surface area (Å²) in [6.45, 7) is 9.33. The zero-order chi connectivity index (χ0) is 22.9. The quantitative estimate of drug-likeness (QED) is 0.762.